The lowest BCUT2D eigenvalue weighted by atomic mass is 9.77. The van der Waals surface area contributed by atoms with Gasteiger partial charge in [0, 0.05) is 23.8 Å². The van der Waals surface area contributed by atoms with Crippen LogP contribution in [-0.4, -0.2) is 17.3 Å². The van der Waals surface area contributed by atoms with E-state index in [9.17, 15) is 14.4 Å². The van der Waals surface area contributed by atoms with E-state index in [1.165, 1.54) is 0 Å². The number of rotatable bonds is 6. The van der Waals surface area contributed by atoms with Crippen LogP contribution in [0.5, 0.6) is 0 Å². The van der Waals surface area contributed by atoms with Crippen molar-refractivity contribution in [3.63, 3.8) is 0 Å². The maximum Gasteiger partial charge on any atom is 0.163 e. The monoisotopic (exact) mass is 300 g/mol. The van der Waals surface area contributed by atoms with Crippen molar-refractivity contribution in [1.82, 2.24) is 0 Å². The molecule has 1 fully saturated rings. The smallest absolute Gasteiger partial charge is 0.163 e. The van der Waals surface area contributed by atoms with Crippen molar-refractivity contribution in [3.05, 3.63) is 35.9 Å². The number of carbonyl (C=O) groups excluding carboxylic acids is 3. The molecule has 0 heterocycles. The fourth-order valence-corrected chi connectivity index (χ4v) is 3.82. The summed E-state index contributed by atoms with van der Waals surface area (Å²) in [5.41, 5.74) is 0.702. The molecule has 1 aliphatic carbocycles. The highest BCUT2D eigenvalue weighted by Crippen LogP contribution is 2.44. The third-order valence-corrected chi connectivity index (χ3v) is 5.14. The maximum absolute atomic E-state index is 12.4. The Morgan fingerprint density at radius 1 is 1.09 bits per heavy atom. The summed E-state index contributed by atoms with van der Waals surface area (Å²) < 4.78 is 0. The van der Waals surface area contributed by atoms with Crippen LogP contribution >= 0.6 is 0 Å². The largest absolute Gasteiger partial charge is 0.300 e. The zero-order chi connectivity index (χ0) is 16.3. The highest BCUT2D eigenvalue weighted by molar-refractivity contribution is 5.96. The number of Topliss-reactive ketones (excluding diaryl/α,β-unsaturated/α-hetero) is 3. The van der Waals surface area contributed by atoms with Gasteiger partial charge in [0.2, 0.25) is 0 Å². The Kier molecular flexibility index (Phi) is 5.28. The molecule has 1 aromatic carbocycles. The molecule has 0 radical (unpaired) electrons. The summed E-state index contributed by atoms with van der Waals surface area (Å²) in [6, 6.07) is 9.22. The third kappa shape index (κ3) is 3.52. The molecular formula is C19H24O3. The Morgan fingerprint density at radius 2 is 1.73 bits per heavy atom. The van der Waals surface area contributed by atoms with Gasteiger partial charge in [-0.1, -0.05) is 37.3 Å². The summed E-state index contributed by atoms with van der Waals surface area (Å²) in [5, 5.41) is 0. The van der Waals surface area contributed by atoms with E-state index in [2.05, 4.69) is 0 Å². The first-order valence-corrected chi connectivity index (χ1v) is 8.01. The number of carbonyl (C=O) groups is 3. The molecule has 22 heavy (non-hydrogen) atoms. The molecule has 0 aromatic heterocycles. The highest BCUT2D eigenvalue weighted by Gasteiger charge is 2.43. The van der Waals surface area contributed by atoms with Gasteiger partial charge in [-0.3, -0.25) is 14.4 Å². The molecule has 0 spiro atoms. The average Bonchev–Trinajstić information content (AvgIpc) is 2.90. The lowest BCUT2D eigenvalue weighted by Gasteiger charge is -2.25. The van der Waals surface area contributed by atoms with E-state index in [1.807, 2.05) is 37.3 Å². The van der Waals surface area contributed by atoms with E-state index in [4.69, 9.17) is 0 Å². The minimum atomic E-state index is -0.161. The number of ketones is 3. The van der Waals surface area contributed by atoms with E-state index in [0.29, 0.717) is 12.0 Å². The van der Waals surface area contributed by atoms with Crippen molar-refractivity contribution in [1.29, 1.82) is 0 Å². The molecule has 0 N–H and O–H groups in total. The molecular weight excluding hydrogens is 276 g/mol. The van der Waals surface area contributed by atoms with Crippen LogP contribution in [-0.2, 0) is 9.59 Å². The van der Waals surface area contributed by atoms with Crippen LogP contribution in [0.15, 0.2) is 30.3 Å². The van der Waals surface area contributed by atoms with Gasteiger partial charge < -0.3 is 0 Å². The van der Waals surface area contributed by atoms with Gasteiger partial charge in [0.15, 0.2) is 5.78 Å². The zero-order valence-corrected chi connectivity index (χ0v) is 13.5. The molecule has 0 saturated heterocycles. The fourth-order valence-electron chi connectivity index (χ4n) is 3.82. The summed E-state index contributed by atoms with van der Waals surface area (Å²) in [4.78, 5) is 36.2. The average molecular weight is 300 g/mol. The quantitative estimate of drug-likeness (QED) is 0.752. The minimum absolute atomic E-state index is 0.0667. The lowest BCUT2D eigenvalue weighted by Crippen LogP contribution is -2.30. The Hall–Kier alpha value is -1.77. The fraction of sp³-hybridized carbons (Fsp3) is 0.526. The van der Waals surface area contributed by atoms with Gasteiger partial charge in [0.05, 0.1) is 0 Å². The van der Waals surface area contributed by atoms with Gasteiger partial charge in [0.25, 0.3) is 0 Å². The third-order valence-electron chi connectivity index (χ3n) is 5.14. The van der Waals surface area contributed by atoms with Crippen molar-refractivity contribution < 1.29 is 14.4 Å². The SMILES string of the molecule is CC(=O)[C@H]1[C@H](CC(=O)c2ccccc2)CC[C@H]1[C@@H](C)C(C)=O. The summed E-state index contributed by atoms with van der Waals surface area (Å²) in [6.07, 6.45) is 2.11. The normalized spacial score (nSPS) is 25.7. The number of hydrogen-bond acceptors (Lipinski definition) is 3. The van der Waals surface area contributed by atoms with Gasteiger partial charge in [-0.05, 0) is 38.5 Å². The van der Waals surface area contributed by atoms with E-state index in [0.717, 1.165) is 12.8 Å². The van der Waals surface area contributed by atoms with Crippen LogP contribution in [0.4, 0.5) is 0 Å². The van der Waals surface area contributed by atoms with E-state index in [-0.39, 0.29) is 41.0 Å². The molecule has 1 saturated carbocycles. The van der Waals surface area contributed by atoms with Gasteiger partial charge in [-0.15, -0.1) is 0 Å². The van der Waals surface area contributed by atoms with Gasteiger partial charge in [0.1, 0.15) is 11.6 Å². The first kappa shape index (κ1) is 16.6. The molecule has 2 rings (SSSR count). The van der Waals surface area contributed by atoms with Crippen LogP contribution in [0.25, 0.3) is 0 Å². The van der Waals surface area contributed by atoms with Crippen molar-refractivity contribution in [2.45, 2.75) is 40.0 Å². The standard InChI is InChI=1S/C19H24O3/c1-12(13(2)20)17-10-9-16(19(17)14(3)21)11-18(22)15-7-5-4-6-8-15/h4-8,12,16-17,19H,9-11H2,1-3H3/t12-,16-,17-,19-/m0/s1. The molecule has 0 bridgehead atoms. The van der Waals surface area contributed by atoms with Crippen molar-refractivity contribution in [2.75, 3.05) is 0 Å². The summed E-state index contributed by atoms with van der Waals surface area (Å²) in [5.74, 6) is 0.221. The summed E-state index contributed by atoms with van der Waals surface area (Å²) >= 11 is 0. The van der Waals surface area contributed by atoms with Gasteiger partial charge in [-0.2, -0.15) is 0 Å². The number of hydrogen-bond donors (Lipinski definition) is 0. The maximum atomic E-state index is 12.4. The molecule has 1 aliphatic rings. The molecule has 3 heteroatoms. The predicted molar refractivity (Wildman–Crippen MR) is 85.6 cm³/mol. The first-order valence-electron chi connectivity index (χ1n) is 8.01. The minimum Gasteiger partial charge on any atom is -0.300 e. The van der Waals surface area contributed by atoms with E-state index >= 15 is 0 Å². The molecule has 0 unspecified atom stereocenters. The van der Waals surface area contributed by atoms with Crippen molar-refractivity contribution >= 4 is 17.3 Å². The number of benzene rings is 1. The van der Waals surface area contributed by atoms with Crippen molar-refractivity contribution in [2.24, 2.45) is 23.7 Å². The zero-order valence-electron chi connectivity index (χ0n) is 13.5. The Bertz CT molecular complexity index is 561. The Balaban J connectivity index is 2.12. The highest BCUT2D eigenvalue weighted by atomic mass is 16.1. The van der Waals surface area contributed by atoms with Crippen LogP contribution in [0.2, 0.25) is 0 Å². The van der Waals surface area contributed by atoms with Gasteiger partial charge in [-0.25, -0.2) is 0 Å². The summed E-state index contributed by atoms with van der Waals surface area (Å²) in [6.45, 7) is 5.09. The van der Waals surface area contributed by atoms with Crippen LogP contribution in [0.3, 0.4) is 0 Å². The van der Waals surface area contributed by atoms with E-state index < -0.39 is 0 Å². The molecule has 1 aromatic rings. The molecule has 3 nitrogen and oxygen atoms in total. The Morgan fingerprint density at radius 3 is 2.27 bits per heavy atom. The van der Waals surface area contributed by atoms with Gasteiger partial charge >= 0.3 is 0 Å². The topological polar surface area (TPSA) is 51.2 Å². The second-order valence-corrected chi connectivity index (χ2v) is 6.53. The predicted octanol–water partition coefficient (Wildman–Crippen LogP) is 3.72. The molecule has 0 aliphatic heterocycles. The van der Waals surface area contributed by atoms with Crippen LogP contribution < -0.4 is 0 Å². The first-order chi connectivity index (χ1) is 10.4. The molecule has 4 atom stereocenters. The Labute approximate surface area is 132 Å². The van der Waals surface area contributed by atoms with Crippen LogP contribution in [0, 0.1) is 23.7 Å². The van der Waals surface area contributed by atoms with E-state index in [1.54, 1.807) is 13.8 Å². The summed E-state index contributed by atoms with van der Waals surface area (Å²) in [7, 11) is 0. The second-order valence-electron chi connectivity index (χ2n) is 6.53. The van der Waals surface area contributed by atoms with Crippen LogP contribution in [0.1, 0.15) is 50.4 Å². The second kappa shape index (κ2) is 6.99. The molecule has 0 amide bonds. The lowest BCUT2D eigenvalue weighted by molar-refractivity contribution is -0.126. The van der Waals surface area contributed by atoms with Crippen molar-refractivity contribution in [3.8, 4) is 0 Å². The molecule has 118 valence electrons.